The van der Waals surface area contributed by atoms with Crippen LogP contribution in [0.1, 0.15) is 88.2 Å². The van der Waals surface area contributed by atoms with Gasteiger partial charge >= 0.3 is 0 Å². The second kappa shape index (κ2) is 5.92. The van der Waals surface area contributed by atoms with Crippen molar-refractivity contribution in [2.45, 2.75) is 92.8 Å². The minimum Gasteiger partial charge on any atom is -0.744 e. The van der Waals surface area contributed by atoms with Crippen LogP contribution in [0.5, 0.6) is 0 Å². The highest BCUT2D eigenvalue weighted by molar-refractivity contribution is 7.85. The fraction of sp³-hybridized carbons (Fsp3) is 0.769. The first kappa shape index (κ1) is 18.7. The van der Waals surface area contributed by atoms with E-state index >= 15 is 0 Å². The fourth-order valence-electron chi connectivity index (χ4n) is 10.5. The second-order valence-electron chi connectivity index (χ2n) is 12.5. The first-order valence-electron chi connectivity index (χ1n) is 12.4. The zero-order chi connectivity index (χ0) is 20.3. The standard InChI is InChI=1S/C26H34O3S/c27-30(28,29)24-22(25-10-16-4-17(11-25)6-18(5-16)12-25)2-1-3-23(24)26-13-19-7-20(14-26)9-21(8-19)15-26/h1-3,16-21H,4-15H2,(H,27,28,29)/p-1. The maximum atomic E-state index is 12.9. The molecule has 4 heteroatoms. The number of hydrogen-bond donors (Lipinski definition) is 0. The Morgan fingerprint density at radius 1 is 0.633 bits per heavy atom. The van der Waals surface area contributed by atoms with Gasteiger partial charge in [-0.25, -0.2) is 8.42 Å². The molecule has 8 aliphatic carbocycles. The minimum absolute atomic E-state index is 0.0557. The molecule has 9 rings (SSSR count). The average Bonchev–Trinajstić information content (AvgIpc) is 2.65. The molecule has 0 spiro atoms. The third-order valence-electron chi connectivity index (χ3n) is 10.5. The fourth-order valence-corrected chi connectivity index (χ4v) is 11.6. The predicted molar refractivity (Wildman–Crippen MR) is 114 cm³/mol. The smallest absolute Gasteiger partial charge is 0.125 e. The minimum atomic E-state index is -4.50. The van der Waals surface area contributed by atoms with Gasteiger partial charge in [-0.15, -0.1) is 0 Å². The van der Waals surface area contributed by atoms with Gasteiger partial charge in [0.25, 0.3) is 0 Å². The van der Waals surface area contributed by atoms with E-state index in [0.717, 1.165) is 85.2 Å². The van der Waals surface area contributed by atoms with E-state index in [1.165, 1.54) is 38.5 Å². The molecule has 30 heavy (non-hydrogen) atoms. The maximum Gasteiger partial charge on any atom is 0.125 e. The highest BCUT2D eigenvalue weighted by Crippen LogP contribution is 2.64. The van der Waals surface area contributed by atoms with Crippen molar-refractivity contribution in [1.29, 1.82) is 0 Å². The van der Waals surface area contributed by atoms with Crippen molar-refractivity contribution in [3.63, 3.8) is 0 Å². The summed E-state index contributed by atoms with van der Waals surface area (Å²) >= 11 is 0. The van der Waals surface area contributed by atoms with Crippen molar-refractivity contribution in [3.05, 3.63) is 29.3 Å². The van der Waals surface area contributed by atoms with Crippen molar-refractivity contribution >= 4 is 10.1 Å². The summed E-state index contributed by atoms with van der Waals surface area (Å²) in [6.07, 6.45) is 14.6. The molecule has 0 aromatic heterocycles. The molecule has 0 atom stereocenters. The summed E-state index contributed by atoms with van der Waals surface area (Å²) < 4.78 is 38.7. The van der Waals surface area contributed by atoms with Crippen molar-refractivity contribution in [2.75, 3.05) is 0 Å². The lowest BCUT2D eigenvalue weighted by Gasteiger charge is -2.59. The first-order chi connectivity index (χ1) is 14.3. The normalized spacial score (nSPS) is 48.4. The molecule has 0 unspecified atom stereocenters. The summed E-state index contributed by atoms with van der Waals surface area (Å²) in [6.45, 7) is 0. The highest BCUT2D eigenvalue weighted by atomic mass is 32.2. The molecule has 8 aliphatic rings. The molecule has 8 fully saturated rings. The molecule has 8 bridgehead atoms. The van der Waals surface area contributed by atoms with Crippen LogP contribution in [-0.2, 0) is 20.9 Å². The first-order valence-corrected chi connectivity index (χ1v) is 13.8. The molecule has 0 radical (unpaired) electrons. The summed E-state index contributed by atoms with van der Waals surface area (Å²) in [4.78, 5) is 0.244. The van der Waals surface area contributed by atoms with Gasteiger partial charge < -0.3 is 4.55 Å². The van der Waals surface area contributed by atoms with E-state index in [4.69, 9.17) is 0 Å². The van der Waals surface area contributed by atoms with E-state index in [0.29, 0.717) is 0 Å². The van der Waals surface area contributed by atoms with Crippen LogP contribution in [-0.4, -0.2) is 13.0 Å². The van der Waals surface area contributed by atoms with Crippen LogP contribution in [0.2, 0.25) is 0 Å². The van der Waals surface area contributed by atoms with E-state index in [2.05, 4.69) is 6.07 Å². The van der Waals surface area contributed by atoms with Crippen LogP contribution < -0.4 is 0 Å². The van der Waals surface area contributed by atoms with Gasteiger partial charge in [0.15, 0.2) is 0 Å². The number of hydrogen-bond acceptors (Lipinski definition) is 3. The molecular formula is C26H33O3S-. The molecule has 0 N–H and O–H groups in total. The molecule has 0 heterocycles. The summed E-state index contributed by atoms with van der Waals surface area (Å²) in [5, 5.41) is 0. The van der Waals surface area contributed by atoms with Crippen LogP contribution in [0, 0.1) is 35.5 Å². The lowest BCUT2D eigenvalue weighted by atomic mass is 9.46. The van der Waals surface area contributed by atoms with Crippen molar-refractivity contribution in [2.24, 2.45) is 35.5 Å². The summed E-state index contributed by atoms with van der Waals surface area (Å²) in [6, 6.07) is 6.19. The largest absolute Gasteiger partial charge is 0.744 e. The van der Waals surface area contributed by atoms with Crippen molar-refractivity contribution in [3.8, 4) is 0 Å². The van der Waals surface area contributed by atoms with Gasteiger partial charge in [-0.3, -0.25) is 0 Å². The Bertz CT molecular complexity index is 874. The Kier molecular flexibility index (Phi) is 3.69. The molecular weight excluding hydrogens is 392 g/mol. The van der Waals surface area contributed by atoms with Crippen LogP contribution in [0.25, 0.3) is 0 Å². The third-order valence-corrected chi connectivity index (χ3v) is 11.4. The highest BCUT2D eigenvalue weighted by Gasteiger charge is 2.55. The molecule has 1 aromatic carbocycles. The third kappa shape index (κ3) is 2.56. The zero-order valence-corrected chi connectivity index (χ0v) is 18.6. The summed E-state index contributed by atoms with van der Waals surface area (Å²) in [5.41, 5.74) is 1.76. The van der Waals surface area contributed by atoms with Crippen LogP contribution >= 0.6 is 0 Å². The molecule has 0 aliphatic heterocycles. The Hall–Kier alpha value is -0.870. The lowest BCUT2D eigenvalue weighted by Crippen LogP contribution is -2.51. The van der Waals surface area contributed by atoms with Crippen molar-refractivity contribution < 1.29 is 13.0 Å². The molecule has 0 amide bonds. The molecule has 8 saturated carbocycles. The Morgan fingerprint density at radius 2 is 0.933 bits per heavy atom. The van der Waals surface area contributed by atoms with Crippen LogP contribution in [0.15, 0.2) is 23.1 Å². The van der Waals surface area contributed by atoms with Gasteiger partial charge in [-0.05, 0) is 135 Å². The monoisotopic (exact) mass is 425 g/mol. The van der Waals surface area contributed by atoms with Gasteiger partial charge in [0.1, 0.15) is 10.1 Å². The Balaban J connectivity index is 1.42. The zero-order valence-electron chi connectivity index (χ0n) is 17.8. The van der Waals surface area contributed by atoms with Gasteiger partial charge in [0, 0.05) is 0 Å². The van der Waals surface area contributed by atoms with Gasteiger partial charge in [-0.2, -0.15) is 0 Å². The van der Waals surface area contributed by atoms with Gasteiger partial charge in [-0.1, -0.05) is 18.2 Å². The van der Waals surface area contributed by atoms with Crippen molar-refractivity contribution in [1.82, 2.24) is 0 Å². The van der Waals surface area contributed by atoms with E-state index in [-0.39, 0.29) is 15.7 Å². The number of rotatable bonds is 3. The lowest BCUT2D eigenvalue weighted by molar-refractivity contribution is -0.0111. The molecule has 1 aromatic rings. The van der Waals surface area contributed by atoms with E-state index < -0.39 is 10.1 Å². The molecule has 162 valence electrons. The molecule has 0 saturated heterocycles. The topological polar surface area (TPSA) is 57.2 Å². The molecule has 3 nitrogen and oxygen atoms in total. The van der Waals surface area contributed by atoms with Gasteiger partial charge in [0.2, 0.25) is 0 Å². The van der Waals surface area contributed by atoms with Crippen LogP contribution in [0.4, 0.5) is 0 Å². The second-order valence-corrected chi connectivity index (χ2v) is 13.8. The average molecular weight is 426 g/mol. The van der Waals surface area contributed by atoms with E-state index in [1.807, 2.05) is 12.1 Å². The number of benzene rings is 1. The van der Waals surface area contributed by atoms with Crippen LogP contribution in [0.3, 0.4) is 0 Å². The summed E-state index contributed by atoms with van der Waals surface area (Å²) in [5.74, 6) is 4.43. The van der Waals surface area contributed by atoms with Gasteiger partial charge in [0.05, 0.1) is 4.90 Å². The van der Waals surface area contributed by atoms with E-state index in [1.54, 1.807) is 0 Å². The maximum absolute atomic E-state index is 12.9. The van der Waals surface area contributed by atoms with E-state index in [9.17, 15) is 13.0 Å². The summed E-state index contributed by atoms with van der Waals surface area (Å²) in [7, 11) is -4.50. The Morgan fingerprint density at radius 3 is 1.20 bits per heavy atom. The predicted octanol–water partition coefficient (Wildman–Crippen LogP) is 5.53. The SMILES string of the molecule is O=S(=O)([O-])c1c(C23CC4CC(CC(C4)C2)C3)cccc1C12CC3CC(CC(C3)C1)C2. The Labute approximate surface area is 180 Å². The quantitative estimate of drug-likeness (QED) is 0.599.